The Labute approximate surface area is 339 Å². The number of para-hydroxylation sites is 2. The fourth-order valence-electron chi connectivity index (χ4n) is 7.25. The van der Waals surface area contributed by atoms with Crippen LogP contribution in [0.3, 0.4) is 0 Å². The van der Waals surface area contributed by atoms with Crippen LogP contribution < -0.4 is 19.3 Å². The van der Waals surface area contributed by atoms with Crippen LogP contribution in [0, 0.1) is 0 Å². The van der Waals surface area contributed by atoms with Gasteiger partial charge in [-0.15, -0.1) is 20.4 Å². The molecule has 0 saturated heterocycles. The molecule has 10 aromatic rings. The van der Waals surface area contributed by atoms with Crippen molar-refractivity contribution in [1.82, 2.24) is 34.9 Å². The molecular formula is C48H33N9O2. The van der Waals surface area contributed by atoms with E-state index < -0.39 is 0 Å². The highest BCUT2D eigenvalue weighted by molar-refractivity contribution is 6.11. The maximum atomic E-state index is 6.17. The second kappa shape index (κ2) is 15.6. The van der Waals surface area contributed by atoms with Gasteiger partial charge < -0.3 is 19.3 Å². The smallest absolute Gasteiger partial charge is 0.273 e. The minimum Gasteiger partial charge on any atom is -0.439 e. The molecule has 0 aliphatic heterocycles. The van der Waals surface area contributed by atoms with E-state index in [-0.39, 0.29) is 0 Å². The van der Waals surface area contributed by atoms with E-state index in [4.69, 9.17) is 9.47 Å². The SMILES string of the molecule is c1ccc(N(c2cccc(Oc3ccccn3)c2)c2ccc3c4ccc(N(c5ccccc5)c5cccc(Oc6ccccn6)c5)cc4n(-c4nncnn4)c3c2)cc1. The highest BCUT2D eigenvalue weighted by Crippen LogP contribution is 2.43. The van der Waals surface area contributed by atoms with E-state index in [9.17, 15) is 0 Å². The standard InChI is InChI=1S/C48H33N9O2/c1-3-13-34(14-4-1)55(36-17-11-19-40(29-36)58-46-21-7-9-27-49-46)38-23-25-42-43-26-24-39(32-45(43)57(44(42)31-38)48-53-51-33-52-54-48)56(35-15-5-2-6-16-35)37-18-12-20-41(30-37)59-47-22-8-10-28-50-47/h1-33H. The highest BCUT2D eigenvalue weighted by Gasteiger charge is 2.22. The van der Waals surface area contributed by atoms with Gasteiger partial charge in [0.05, 0.1) is 11.0 Å². The summed E-state index contributed by atoms with van der Waals surface area (Å²) in [4.78, 5) is 13.1. The van der Waals surface area contributed by atoms with Crippen LogP contribution in [0.2, 0.25) is 0 Å². The molecule has 0 fully saturated rings. The van der Waals surface area contributed by atoms with Gasteiger partial charge >= 0.3 is 0 Å². The lowest BCUT2D eigenvalue weighted by Crippen LogP contribution is -2.11. The lowest BCUT2D eigenvalue weighted by molar-refractivity contribution is 0.463. The third-order valence-corrected chi connectivity index (χ3v) is 9.75. The molecule has 4 heterocycles. The summed E-state index contributed by atoms with van der Waals surface area (Å²) in [5.41, 5.74) is 7.33. The molecule has 282 valence electrons. The van der Waals surface area contributed by atoms with Gasteiger partial charge in [0.25, 0.3) is 5.95 Å². The van der Waals surface area contributed by atoms with Crippen molar-refractivity contribution in [2.24, 2.45) is 0 Å². The fraction of sp³-hybridized carbons (Fsp3) is 0. The lowest BCUT2D eigenvalue weighted by atomic mass is 10.1. The summed E-state index contributed by atoms with van der Waals surface area (Å²) in [7, 11) is 0. The van der Waals surface area contributed by atoms with E-state index in [1.54, 1.807) is 12.4 Å². The van der Waals surface area contributed by atoms with Crippen molar-refractivity contribution >= 4 is 55.9 Å². The summed E-state index contributed by atoms with van der Waals surface area (Å²) >= 11 is 0. The van der Waals surface area contributed by atoms with Crippen molar-refractivity contribution in [3.05, 3.63) is 201 Å². The maximum absolute atomic E-state index is 6.17. The normalized spacial score (nSPS) is 11.1. The van der Waals surface area contributed by atoms with Crippen molar-refractivity contribution in [1.29, 1.82) is 0 Å². The number of nitrogens with zero attached hydrogens (tertiary/aromatic N) is 9. The Morgan fingerprint density at radius 3 is 1.29 bits per heavy atom. The minimum atomic E-state index is 0.343. The summed E-state index contributed by atoms with van der Waals surface area (Å²) in [6, 6.07) is 60.5. The number of benzene rings is 6. The third kappa shape index (κ3) is 7.11. The Bertz CT molecular complexity index is 2820. The van der Waals surface area contributed by atoms with Crippen LogP contribution in [0.5, 0.6) is 23.3 Å². The average Bonchev–Trinajstić information content (AvgIpc) is 3.61. The van der Waals surface area contributed by atoms with Crippen LogP contribution in [0.4, 0.5) is 34.1 Å². The average molecular weight is 768 g/mol. The number of hydrogen-bond donors (Lipinski definition) is 0. The Morgan fingerprint density at radius 1 is 0.390 bits per heavy atom. The zero-order valence-corrected chi connectivity index (χ0v) is 31.4. The molecular weight excluding hydrogens is 735 g/mol. The van der Waals surface area contributed by atoms with E-state index in [0.717, 1.165) is 55.9 Å². The van der Waals surface area contributed by atoms with E-state index >= 15 is 0 Å². The predicted molar refractivity (Wildman–Crippen MR) is 230 cm³/mol. The first-order valence-corrected chi connectivity index (χ1v) is 18.9. The maximum Gasteiger partial charge on any atom is 0.273 e. The summed E-state index contributed by atoms with van der Waals surface area (Å²) in [6.07, 6.45) is 4.76. The van der Waals surface area contributed by atoms with Gasteiger partial charge in [0.15, 0.2) is 6.33 Å². The van der Waals surface area contributed by atoms with Gasteiger partial charge in [-0.3, -0.25) is 4.57 Å². The number of rotatable bonds is 11. The second-order valence-corrected chi connectivity index (χ2v) is 13.5. The van der Waals surface area contributed by atoms with E-state index in [0.29, 0.717) is 29.2 Å². The molecule has 11 nitrogen and oxygen atoms in total. The molecule has 0 N–H and O–H groups in total. The van der Waals surface area contributed by atoms with Crippen LogP contribution in [-0.2, 0) is 0 Å². The minimum absolute atomic E-state index is 0.343. The molecule has 0 aliphatic carbocycles. The summed E-state index contributed by atoms with van der Waals surface area (Å²) in [6.45, 7) is 0. The molecule has 0 atom stereocenters. The van der Waals surface area contributed by atoms with Crippen molar-refractivity contribution in [3.8, 4) is 29.2 Å². The number of ether oxygens (including phenoxy) is 2. The lowest BCUT2D eigenvalue weighted by Gasteiger charge is -2.26. The Kier molecular flexibility index (Phi) is 9.25. The van der Waals surface area contributed by atoms with E-state index in [1.165, 1.54) is 6.33 Å². The number of pyridine rings is 2. The Hall–Kier alpha value is -8.44. The summed E-state index contributed by atoms with van der Waals surface area (Å²) < 4.78 is 14.4. The molecule has 6 aromatic carbocycles. The first-order chi connectivity index (χ1) is 29.2. The van der Waals surface area contributed by atoms with Crippen molar-refractivity contribution in [2.45, 2.75) is 0 Å². The van der Waals surface area contributed by atoms with Crippen molar-refractivity contribution < 1.29 is 9.47 Å². The zero-order valence-electron chi connectivity index (χ0n) is 31.4. The molecule has 0 radical (unpaired) electrons. The second-order valence-electron chi connectivity index (χ2n) is 13.5. The predicted octanol–water partition coefficient (Wildman–Crippen LogP) is 11.7. The third-order valence-electron chi connectivity index (χ3n) is 9.75. The molecule has 0 saturated carbocycles. The molecule has 59 heavy (non-hydrogen) atoms. The van der Waals surface area contributed by atoms with Gasteiger partial charge in [0, 0.05) is 81.6 Å². The molecule has 10 rings (SSSR count). The highest BCUT2D eigenvalue weighted by atomic mass is 16.5. The van der Waals surface area contributed by atoms with Gasteiger partial charge in [0.2, 0.25) is 11.8 Å². The molecule has 0 unspecified atom stereocenters. The first kappa shape index (κ1) is 35.0. The number of fused-ring (bicyclic) bond motifs is 3. The van der Waals surface area contributed by atoms with Gasteiger partial charge in [-0.1, -0.05) is 72.8 Å². The van der Waals surface area contributed by atoms with E-state index in [2.05, 4.69) is 113 Å². The Balaban J connectivity index is 1.13. The topological polar surface area (TPSA) is 107 Å². The zero-order chi connectivity index (χ0) is 39.4. The van der Waals surface area contributed by atoms with Gasteiger partial charge in [-0.2, -0.15) is 0 Å². The largest absolute Gasteiger partial charge is 0.439 e. The van der Waals surface area contributed by atoms with Crippen LogP contribution in [0.25, 0.3) is 27.8 Å². The monoisotopic (exact) mass is 767 g/mol. The van der Waals surface area contributed by atoms with Crippen LogP contribution in [0.15, 0.2) is 201 Å². The van der Waals surface area contributed by atoms with Crippen LogP contribution in [-0.4, -0.2) is 34.9 Å². The summed E-state index contributed by atoms with van der Waals surface area (Å²) in [5.74, 6) is 2.70. The van der Waals surface area contributed by atoms with Crippen molar-refractivity contribution in [2.75, 3.05) is 9.80 Å². The van der Waals surface area contributed by atoms with Crippen molar-refractivity contribution in [3.63, 3.8) is 0 Å². The molecule has 4 aromatic heterocycles. The number of hydrogen-bond acceptors (Lipinski definition) is 10. The first-order valence-electron chi connectivity index (χ1n) is 18.9. The Morgan fingerprint density at radius 2 is 0.831 bits per heavy atom. The number of anilines is 6. The summed E-state index contributed by atoms with van der Waals surface area (Å²) in [5, 5.41) is 19.3. The fourth-order valence-corrected chi connectivity index (χ4v) is 7.25. The molecule has 11 heteroatoms. The molecule has 0 spiro atoms. The van der Waals surface area contributed by atoms with Crippen LogP contribution in [0.1, 0.15) is 0 Å². The van der Waals surface area contributed by atoms with Gasteiger partial charge in [-0.05, 0) is 84.9 Å². The quantitative estimate of drug-likeness (QED) is 0.126. The number of aromatic nitrogens is 7. The van der Waals surface area contributed by atoms with Gasteiger partial charge in [0.1, 0.15) is 11.5 Å². The van der Waals surface area contributed by atoms with Crippen LogP contribution >= 0.6 is 0 Å². The van der Waals surface area contributed by atoms with E-state index in [1.807, 2.05) is 114 Å². The molecule has 0 amide bonds. The molecule has 0 bridgehead atoms. The van der Waals surface area contributed by atoms with Gasteiger partial charge in [-0.25, -0.2) is 9.97 Å². The molecule has 0 aliphatic rings.